The van der Waals surface area contributed by atoms with Crippen molar-refractivity contribution < 1.29 is 0 Å². The number of hydrogen-bond acceptors (Lipinski definition) is 2. The number of anilines is 5. The lowest BCUT2D eigenvalue weighted by atomic mass is 9.93. The fourth-order valence-electron chi connectivity index (χ4n) is 11.7. The van der Waals surface area contributed by atoms with E-state index in [0.717, 1.165) is 38.5 Å². The molecule has 14 rings (SSSR count). The molecule has 0 amide bonds. The monoisotopic (exact) mass is 974 g/mol. The molecule has 4 aliphatic rings. The molecule has 0 unspecified atom stereocenters. The first kappa shape index (κ1) is 46.5. The molecule has 0 atom stereocenters. The smallest absolute Gasteiger partial charge is 0.0540 e. The van der Waals surface area contributed by atoms with Crippen molar-refractivity contribution in [1.82, 2.24) is 0 Å². The summed E-state index contributed by atoms with van der Waals surface area (Å²) in [4.78, 5) is 4.93. The Bertz CT molecular complexity index is 3730. The number of hydrogen-bond donors (Lipinski definition) is 0. The van der Waals surface area contributed by atoms with Gasteiger partial charge in [0.2, 0.25) is 0 Å². The van der Waals surface area contributed by atoms with Crippen LogP contribution in [-0.2, 0) is 6.42 Å². The number of benzene rings is 10. The summed E-state index contributed by atoms with van der Waals surface area (Å²) in [5.74, 6) is 0. The van der Waals surface area contributed by atoms with Gasteiger partial charge in [0.05, 0.1) is 11.4 Å². The Morgan fingerprint density at radius 2 is 0.737 bits per heavy atom. The Labute approximate surface area is 448 Å². The average Bonchev–Trinajstić information content (AvgIpc) is 3.76. The maximum Gasteiger partial charge on any atom is 0.0540 e. The topological polar surface area (TPSA) is 6.48 Å². The minimum Gasteiger partial charge on any atom is -0.310 e. The quantitative estimate of drug-likeness (QED) is 0.157. The van der Waals surface area contributed by atoms with Crippen LogP contribution >= 0.6 is 0 Å². The van der Waals surface area contributed by atoms with Gasteiger partial charge in [0.1, 0.15) is 0 Å². The molecule has 10 aromatic rings. The van der Waals surface area contributed by atoms with Crippen molar-refractivity contribution in [2.75, 3.05) is 9.80 Å². The van der Waals surface area contributed by atoms with E-state index in [9.17, 15) is 0 Å². The molecule has 10 aromatic carbocycles. The Morgan fingerprint density at radius 3 is 1.30 bits per heavy atom. The molecular weight excluding hydrogens is 917 g/mol. The molecule has 0 fully saturated rings. The Kier molecular flexibility index (Phi) is 12.8. The Balaban J connectivity index is 0.000000146. The molecule has 2 heteroatoms. The predicted octanol–water partition coefficient (Wildman–Crippen LogP) is 20.6. The van der Waals surface area contributed by atoms with Gasteiger partial charge in [0.25, 0.3) is 0 Å². The highest BCUT2D eigenvalue weighted by atomic mass is 15.2. The summed E-state index contributed by atoms with van der Waals surface area (Å²) in [6, 6.07) is 90.5. The lowest BCUT2D eigenvalue weighted by Crippen LogP contribution is -2.18. The van der Waals surface area contributed by atoms with Gasteiger partial charge in [-0.1, -0.05) is 206 Å². The number of fused-ring (bicyclic) bond motifs is 6. The van der Waals surface area contributed by atoms with Crippen molar-refractivity contribution in [2.24, 2.45) is 0 Å². The van der Waals surface area contributed by atoms with Crippen LogP contribution in [0.15, 0.2) is 290 Å². The van der Waals surface area contributed by atoms with Crippen LogP contribution in [0, 0.1) is 0 Å². The molecule has 76 heavy (non-hydrogen) atoms. The minimum atomic E-state index is 1.08. The van der Waals surface area contributed by atoms with Crippen molar-refractivity contribution >= 4 is 34.0 Å². The van der Waals surface area contributed by atoms with Crippen molar-refractivity contribution in [1.29, 1.82) is 0 Å². The molecule has 0 saturated carbocycles. The first-order valence-corrected chi connectivity index (χ1v) is 27.0. The average molecular weight is 975 g/mol. The van der Waals surface area contributed by atoms with Crippen LogP contribution in [0.4, 0.5) is 28.4 Å². The van der Waals surface area contributed by atoms with Crippen molar-refractivity contribution in [3.05, 3.63) is 301 Å². The SMILES string of the molecule is C1=CC(c2cc(-c3ccccc3)cc(N3c4ccccc4-c4ccccc4-c4ccccc43)c2)=CCC1.C1=CC2=C(CC1)CCc1ccccc1N2c1ccc(-c2cc(-c3ccccc3)cc(-c3ccccc3)c2)cc1. The summed E-state index contributed by atoms with van der Waals surface area (Å²) in [6.07, 6.45) is 18.3. The summed E-state index contributed by atoms with van der Waals surface area (Å²) in [5, 5.41) is 0. The summed E-state index contributed by atoms with van der Waals surface area (Å²) < 4.78 is 0. The van der Waals surface area contributed by atoms with Gasteiger partial charge in [0, 0.05) is 33.9 Å². The number of para-hydroxylation sites is 3. The van der Waals surface area contributed by atoms with E-state index in [1.807, 2.05) is 0 Å². The summed E-state index contributed by atoms with van der Waals surface area (Å²) in [7, 11) is 0. The number of aryl methyl sites for hydroxylation is 1. The van der Waals surface area contributed by atoms with Crippen molar-refractivity contribution in [2.45, 2.75) is 38.5 Å². The summed E-state index contributed by atoms with van der Waals surface area (Å²) >= 11 is 0. The molecule has 2 aliphatic carbocycles. The van der Waals surface area contributed by atoms with Gasteiger partial charge >= 0.3 is 0 Å². The van der Waals surface area contributed by atoms with Crippen molar-refractivity contribution in [3.63, 3.8) is 0 Å². The second kappa shape index (κ2) is 20.9. The van der Waals surface area contributed by atoms with E-state index in [1.54, 1.807) is 5.57 Å². The standard InChI is InChI=1S/C38H31N.C36H27N/c1-3-11-28(12-4-1)33-25-34(29-13-5-2-6-14-29)27-35(26-33)30-21-23-36(24-22-30)39-37-17-9-7-15-31(37)19-20-32-16-8-10-18-38(32)39;1-3-13-26(14-4-1)28-23-29(27-15-5-2-6-16-27)25-30(24-28)37-35-21-11-9-19-33(35)31-17-7-8-18-32(31)34-20-10-12-22-36(34)37/h1-7,9-15,17-18,21-27H,8,16,19-20H2;1,3-5,7-25H,2,6H2. The van der Waals surface area contributed by atoms with E-state index in [4.69, 9.17) is 0 Å². The summed E-state index contributed by atoms with van der Waals surface area (Å²) in [6.45, 7) is 0. The van der Waals surface area contributed by atoms with Gasteiger partial charge < -0.3 is 9.80 Å². The van der Waals surface area contributed by atoms with E-state index in [1.165, 1.54) is 118 Å². The highest BCUT2D eigenvalue weighted by molar-refractivity contribution is 6.03. The van der Waals surface area contributed by atoms with Crippen LogP contribution in [0.25, 0.3) is 72.3 Å². The fourth-order valence-corrected chi connectivity index (χ4v) is 11.7. The van der Waals surface area contributed by atoms with E-state index in [2.05, 4.69) is 289 Å². The van der Waals surface area contributed by atoms with Crippen LogP contribution in [0.2, 0.25) is 0 Å². The Hall–Kier alpha value is -9.24. The third kappa shape index (κ3) is 9.24. The molecule has 0 aromatic heterocycles. The molecule has 2 nitrogen and oxygen atoms in total. The second-order valence-electron chi connectivity index (χ2n) is 20.2. The minimum absolute atomic E-state index is 1.08. The van der Waals surface area contributed by atoms with Crippen LogP contribution in [-0.4, -0.2) is 0 Å². The molecule has 0 radical (unpaired) electrons. The van der Waals surface area contributed by atoms with Gasteiger partial charge in [-0.2, -0.15) is 0 Å². The van der Waals surface area contributed by atoms with Crippen LogP contribution < -0.4 is 9.80 Å². The highest BCUT2D eigenvalue weighted by Crippen LogP contribution is 2.51. The maximum atomic E-state index is 2.48. The van der Waals surface area contributed by atoms with Gasteiger partial charge in [0.15, 0.2) is 0 Å². The molecule has 0 spiro atoms. The Morgan fingerprint density at radius 1 is 0.276 bits per heavy atom. The molecule has 0 saturated heterocycles. The third-order valence-corrected chi connectivity index (χ3v) is 15.4. The largest absolute Gasteiger partial charge is 0.310 e. The zero-order valence-corrected chi connectivity index (χ0v) is 42.7. The molecule has 0 bridgehead atoms. The molecule has 0 N–H and O–H groups in total. The third-order valence-electron chi connectivity index (χ3n) is 15.4. The lowest BCUT2D eigenvalue weighted by Gasteiger charge is -2.29. The first-order chi connectivity index (χ1) is 37.7. The fraction of sp³-hybridized carbons (Fsp3) is 0.0811. The van der Waals surface area contributed by atoms with E-state index in [-0.39, 0.29) is 0 Å². The molecule has 2 heterocycles. The zero-order valence-electron chi connectivity index (χ0n) is 42.7. The van der Waals surface area contributed by atoms with Crippen molar-refractivity contribution in [3.8, 4) is 66.8 Å². The molecule has 2 aliphatic heterocycles. The van der Waals surface area contributed by atoms with E-state index < -0.39 is 0 Å². The van der Waals surface area contributed by atoms with Gasteiger partial charge in [-0.25, -0.2) is 0 Å². The molecular formula is C74H58N2. The van der Waals surface area contributed by atoms with E-state index in [0.29, 0.717) is 0 Å². The van der Waals surface area contributed by atoms with Gasteiger partial charge in [-0.05, 0) is 189 Å². The number of allylic oxidation sites excluding steroid dienone is 7. The van der Waals surface area contributed by atoms with Crippen LogP contribution in [0.3, 0.4) is 0 Å². The predicted molar refractivity (Wildman–Crippen MR) is 322 cm³/mol. The van der Waals surface area contributed by atoms with E-state index >= 15 is 0 Å². The highest BCUT2D eigenvalue weighted by Gasteiger charge is 2.27. The van der Waals surface area contributed by atoms with Gasteiger partial charge in [-0.15, -0.1) is 0 Å². The second-order valence-corrected chi connectivity index (χ2v) is 20.2. The number of nitrogens with zero attached hydrogens (tertiary/aromatic N) is 2. The lowest BCUT2D eigenvalue weighted by molar-refractivity contribution is 0.833. The van der Waals surface area contributed by atoms with Gasteiger partial charge in [-0.3, -0.25) is 0 Å². The maximum absolute atomic E-state index is 2.48. The number of rotatable bonds is 7. The first-order valence-electron chi connectivity index (χ1n) is 27.0. The zero-order chi connectivity index (χ0) is 50.6. The van der Waals surface area contributed by atoms with Crippen LogP contribution in [0.1, 0.15) is 43.2 Å². The summed E-state index contributed by atoms with van der Waals surface area (Å²) in [5.41, 5.74) is 27.9. The van der Waals surface area contributed by atoms with Crippen LogP contribution in [0.5, 0.6) is 0 Å². The molecule has 364 valence electrons. The normalized spacial score (nSPS) is 14.1.